The van der Waals surface area contributed by atoms with Crippen LogP contribution in [-0.4, -0.2) is 77.2 Å². The molecule has 0 aliphatic rings. The Morgan fingerprint density at radius 2 is 1.11 bits per heavy atom. The van der Waals surface area contributed by atoms with E-state index in [1.807, 2.05) is 91.0 Å². The maximum Gasteiger partial charge on any atom is 0.408 e. The average molecular weight is 749 g/mol. The van der Waals surface area contributed by atoms with Gasteiger partial charge in [-0.1, -0.05) is 91.0 Å². The Morgan fingerprint density at radius 3 is 1.57 bits per heavy atom. The lowest BCUT2D eigenvalue weighted by atomic mass is 9.84. The number of unbranched alkanes of at least 4 members (excludes halogenated alkanes) is 1. The van der Waals surface area contributed by atoms with Crippen molar-refractivity contribution < 1.29 is 38.6 Å². The van der Waals surface area contributed by atoms with Gasteiger partial charge in [-0.3, -0.25) is 9.59 Å². The fourth-order valence-electron chi connectivity index (χ4n) is 5.38. The molecule has 3 aromatic carbocycles. The highest BCUT2D eigenvalue weighted by Crippen LogP contribution is 2.48. The van der Waals surface area contributed by atoms with E-state index in [0.29, 0.717) is 12.8 Å². The van der Waals surface area contributed by atoms with Crippen molar-refractivity contribution in [2.45, 2.75) is 88.8 Å². The minimum atomic E-state index is -1.23. The molecule has 53 heavy (non-hydrogen) atoms. The van der Waals surface area contributed by atoms with E-state index in [9.17, 15) is 29.1 Å². The van der Waals surface area contributed by atoms with Crippen LogP contribution in [0.5, 0.6) is 0 Å². The number of aliphatic carboxylic acids is 1. The molecule has 0 aliphatic heterocycles. The molecule has 5 N–H and O–H groups in total. The lowest BCUT2D eigenvalue weighted by molar-refractivity contribution is -0.142. The number of carboxylic acid groups (broad SMARTS) is 1. The van der Waals surface area contributed by atoms with E-state index in [-0.39, 0.29) is 18.7 Å². The summed E-state index contributed by atoms with van der Waals surface area (Å²) in [6, 6.07) is 27.2. The van der Waals surface area contributed by atoms with E-state index in [2.05, 4.69) is 21.3 Å². The Hall–Kier alpha value is -5.04. The van der Waals surface area contributed by atoms with Crippen LogP contribution in [0.25, 0.3) is 0 Å². The molecular weight excluding hydrogens is 697 g/mol. The molecule has 0 bridgehead atoms. The second kappa shape index (κ2) is 19.7. The first-order chi connectivity index (χ1) is 25.0. The van der Waals surface area contributed by atoms with Gasteiger partial charge in [0.2, 0.25) is 11.8 Å². The number of hydrogen-bond donors (Lipinski definition) is 5. The summed E-state index contributed by atoms with van der Waals surface area (Å²) in [5, 5.41) is 20.0. The second-order valence-corrected chi connectivity index (χ2v) is 15.6. The molecule has 2 atom stereocenters. The van der Waals surface area contributed by atoms with Crippen molar-refractivity contribution in [3.05, 3.63) is 108 Å². The van der Waals surface area contributed by atoms with Gasteiger partial charge in [-0.2, -0.15) is 0 Å². The monoisotopic (exact) mass is 748 g/mol. The summed E-state index contributed by atoms with van der Waals surface area (Å²) in [5.41, 5.74) is 1.40. The van der Waals surface area contributed by atoms with E-state index in [1.54, 1.807) is 41.5 Å². The maximum absolute atomic E-state index is 13.7. The first kappa shape index (κ1) is 42.4. The molecule has 12 nitrogen and oxygen atoms in total. The molecule has 0 aromatic heterocycles. The topological polar surface area (TPSA) is 172 Å². The van der Waals surface area contributed by atoms with Gasteiger partial charge in [0.25, 0.3) is 0 Å². The van der Waals surface area contributed by atoms with Gasteiger partial charge in [-0.05, 0) is 77.5 Å². The van der Waals surface area contributed by atoms with Crippen LogP contribution >= 0.6 is 11.8 Å². The Labute approximate surface area is 316 Å². The van der Waals surface area contributed by atoms with Crippen LogP contribution in [0, 0.1) is 0 Å². The van der Waals surface area contributed by atoms with Crippen LogP contribution in [0.15, 0.2) is 91.0 Å². The minimum absolute atomic E-state index is 0.0699. The summed E-state index contributed by atoms with van der Waals surface area (Å²) in [6.45, 7) is 10.1. The lowest BCUT2D eigenvalue weighted by Crippen LogP contribution is -2.52. The lowest BCUT2D eigenvalue weighted by Gasteiger charge is -2.36. The van der Waals surface area contributed by atoms with Crippen molar-refractivity contribution in [1.82, 2.24) is 21.3 Å². The molecule has 0 saturated carbocycles. The van der Waals surface area contributed by atoms with E-state index in [4.69, 9.17) is 9.47 Å². The number of carboxylic acids is 1. The Bertz CT molecular complexity index is 1550. The van der Waals surface area contributed by atoms with Crippen molar-refractivity contribution >= 4 is 41.7 Å². The first-order valence-corrected chi connectivity index (χ1v) is 18.6. The number of carbonyl (C=O) groups excluding carboxylic acids is 4. The Balaban J connectivity index is 1.75. The molecular formula is C40H52N4O8S. The summed E-state index contributed by atoms with van der Waals surface area (Å²) < 4.78 is 9.87. The van der Waals surface area contributed by atoms with Crippen molar-refractivity contribution in [2.24, 2.45) is 0 Å². The van der Waals surface area contributed by atoms with Crippen LogP contribution in [0.1, 0.15) is 77.5 Å². The predicted octanol–water partition coefficient (Wildman–Crippen LogP) is 5.99. The molecule has 2 unspecified atom stereocenters. The van der Waals surface area contributed by atoms with Crippen LogP contribution in [0.2, 0.25) is 0 Å². The van der Waals surface area contributed by atoms with E-state index in [1.165, 1.54) is 11.8 Å². The summed E-state index contributed by atoms with van der Waals surface area (Å²) >= 11 is 1.45. The van der Waals surface area contributed by atoms with Gasteiger partial charge >= 0.3 is 18.2 Å². The van der Waals surface area contributed by atoms with Gasteiger partial charge < -0.3 is 35.8 Å². The molecule has 0 aliphatic carbocycles. The summed E-state index contributed by atoms with van der Waals surface area (Å²) in [7, 11) is 0. The number of rotatable bonds is 17. The number of ether oxygens (including phenoxy) is 2. The molecule has 0 heterocycles. The van der Waals surface area contributed by atoms with E-state index < -0.39 is 64.5 Å². The van der Waals surface area contributed by atoms with E-state index >= 15 is 0 Å². The largest absolute Gasteiger partial charge is 0.480 e. The molecule has 0 fully saturated rings. The highest BCUT2D eigenvalue weighted by molar-refractivity contribution is 8.00. The van der Waals surface area contributed by atoms with Gasteiger partial charge in [0.15, 0.2) is 0 Å². The quantitative estimate of drug-likeness (QED) is 0.0822. The number of benzene rings is 3. The zero-order chi connectivity index (χ0) is 39.1. The van der Waals surface area contributed by atoms with Gasteiger partial charge in [-0.15, -0.1) is 11.8 Å². The molecule has 13 heteroatoms. The average Bonchev–Trinajstić information content (AvgIpc) is 3.09. The standard InChI is InChI=1S/C40H52N4O8S/c1-38(2,3)51-36(49)41-25-17-16-24-31(35(47)48)43-33(45)26-42-34(46)32(44-37(50)52-39(4,5)6)27-53-40(28-18-10-7-11-19-28,29-20-12-8-13-21-29)30-22-14-9-15-23-30/h7-15,18-23,31-32H,16-17,24-27H2,1-6H3,(H,41,49)(H,42,46)(H,43,45)(H,44,50)(H,47,48). The smallest absolute Gasteiger partial charge is 0.408 e. The highest BCUT2D eigenvalue weighted by atomic mass is 32.2. The van der Waals surface area contributed by atoms with E-state index in [0.717, 1.165) is 16.7 Å². The fourth-order valence-corrected chi connectivity index (χ4v) is 6.94. The SMILES string of the molecule is CC(C)(C)OC(=O)NCCCCC(NC(=O)CNC(=O)C(CSC(c1ccccc1)(c1ccccc1)c1ccccc1)NC(=O)OC(C)(C)C)C(=O)O. The first-order valence-electron chi connectivity index (χ1n) is 17.6. The van der Waals surface area contributed by atoms with Crippen molar-refractivity contribution in [3.8, 4) is 0 Å². The number of thioether (sulfide) groups is 1. The van der Waals surface area contributed by atoms with Crippen molar-refractivity contribution in [3.63, 3.8) is 0 Å². The molecule has 3 aromatic rings. The van der Waals surface area contributed by atoms with Crippen LogP contribution < -0.4 is 21.3 Å². The van der Waals surface area contributed by atoms with Crippen LogP contribution in [-0.2, 0) is 28.6 Å². The number of alkyl carbamates (subject to hydrolysis) is 2. The van der Waals surface area contributed by atoms with Gasteiger partial charge in [0.05, 0.1) is 11.3 Å². The molecule has 3 rings (SSSR count). The number of amides is 4. The summed E-state index contributed by atoms with van der Waals surface area (Å²) in [5.74, 6) is -2.53. The minimum Gasteiger partial charge on any atom is -0.480 e. The van der Waals surface area contributed by atoms with Crippen LogP contribution in [0.3, 0.4) is 0 Å². The van der Waals surface area contributed by atoms with Crippen molar-refractivity contribution in [2.75, 3.05) is 18.8 Å². The number of carbonyl (C=O) groups is 5. The Morgan fingerprint density at radius 1 is 0.642 bits per heavy atom. The summed E-state index contributed by atoms with van der Waals surface area (Å²) in [4.78, 5) is 63.4. The van der Waals surface area contributed by atoms with Gasteiger partial charge in [0.1, 0.15) is 23.3 Å². The van der Waals surface area contributed by atoms with Crippen molar-refractivity contribution in [1.29, 1.82) is 0 Å². The molecule has 0 spiro atoms. The third kappa shape index (κ3) is 14.1. The Kier molecular flexibility index (Phi) is 15.7. The third-order valence-electron chi connectivity index (χ3n) is 7.66. The molecule has 0 radical (unpaired) electrons. The number of hydrogen-bond acceptors (Lipinski definition) is 8. The molecule has 0 saturated heterocycles. The maximum atomic E-state index is 13.7. The molecule has 4 amide bonds. The molecule has 286 valence electrons. The normalized spacial score (nSPS) is 12.8. The predicted molar refractivity (Wildman–Crippen MR) is 205 cm³/mol. The number of nitrogens with one attached hydrogen (secondary N) is 4. The third-order valence-corrected chi connectivity index (χ3v) is 9.30. The zero-order valence-electron chi connectivity index (χ0n) is 31.3. The van der Waals surface area contributed by atoms with Gasteiger partial charge in [0, 0.05) is 12.3 Å². The highest BCUT2D eigenvalue weighted by Gasteiger charge is 2.39. The fraction of sp³-hybridized carbons (Fsp3) is 0.425. The second-order valence-electron chi connectivity index (χ2n) is 14.4. The van der Waals surface area contributed by atoms with Crippen LogP contribution in [0.4, 0.5) is 9.59 Å². The van der Waals surface area contributed by atoms with Gasteiger partial charge in [-0.25, -0.2) is 14.4 Å². The summed E-state index contributed by atoms with van der Waals surface area (Å²) in [6.07, 6.45) is -0.420. The zero-order valence-corrected chi connectivity index (χ0v) is 32.1.